The molecule has 0 bridgehead atoms. The zero-order valence-corrected chi connectivity index (χ0v) is 20.3. The van der Waals surface area contributed by atoms with Crippen LogP contribution < -0.4 is 9.47 Å². The van der Waals surface area contributed by atoms with Crippen LogP contribution in [0.5, 0.6) is 11.5 Å². The largest absolute Gasteiger partial charge is 0.490 e. The van der Waals surface area contributed by atoms with Crippen molar-refractivity contribution in [1.29, 1.82) is 0 Å². The Labute approximate surface area is 199 Å². The Hall–Kier alpha value is -2.78. The highest BCUT2D eigenvalue weighted by Crippen LogP contribution is 2.39. The summed E-state index contributed by atoms with van der Waals surface area (Å²) in [4.78, 5) is 30.7. The summed E-state index contributed by atoms with van der Waals surface area (Å²) < 4.78 is 11.5. The number of thioether (sulfide) groups is 1. The summed E-state index contributed by atoms with van der Waals surface area (Å²) in [5.74, 6) is -0.507. The van der Waals surface area contributed by atoms with Crippen LogP contribution in [0, 0.1) is 6.92 Å². The number of carbonyl (C=O) groups excluding carboxylic acids is 1. The van der Waals surface area contributed by atoms with Crippen molar-refractivity contribution < 1.29 is 24.2 Å². The second-order valence-corrected chi connectivity index (χ2v) is 8.70. The molecule has 2 aromatic rings. The Morgan fingerprint density at radius 1 is 1.22 bits per heavy atom. The van der Waals surface area contributed by atoms with Crippen LogP contribution in [0.15, 0.2) is 50.8 Å². The molecule has 9 heteroatoms. The Balaban J connectivity index is 1.93. The van der Waals surface area contributed by atoms with Crippen molar-refractivity contribution in [3.8, 4) is 11.5 Å². The molecule has 0 atom stereocenters. The lowest BCUT2D eigenvalue weighted by Gasteiger charge is -2.13. The van der Waals surface area contributed by atoms with E-state index in [1.807, 2.05) is 45.0 Å². The van der Waals surface area contributed by atoms with Gasteiger partial charge < -0.3 is 14.6 Å². The van der Waals surface area contributed by atoms with Gasteiger partial charge in [0.2, 0.25) is 0 Å². The molecule has 0 unspecified atom stereocenters. The highest BCUT2D eigenvalue weighted by atomic mass is 79.9. The maximum absolute atomic E-state index is 13.0. The number of benzene rings is 2. The number of hydrogen-bond donors (Lipinski definition) is 1. The fraction of sp³-hybridized carbons (Fsp3) is 0.261. The number of carbonyl (C=O) groups is 2. The molecule has 32 heavy (non-hydrogen) atoms. The van der Waals surface area contributed by atoms with E-state index < -0.39 is 12.6 Å². The molecule has 1 amide bonds. The smallest absolute Gasteiger partial charge is 0.341 e. The molecule has 2 aromatic carbocycles. The third-order valence-corrected chi connectivity index (χ3v) is 6.03. The highest BCUT2D eigenvalue weighted by molar-refractivity contribution is 9.10. The fourth-order valence-corrected chi connectivity index (χ4v) is 4.60. The van der Waals surface area contributed by atoms with Gasteiger partial charge in [0.05, 0.1) is 21.7 Å². The number of rotatable bonds is 8. The maximum Gasteiger partial charge on any atom is 0.341 e. The first-order valence-electron chi connectivity index (χ1n) is 10.00. The van der Waals surface area contributed by atoms with Gasteiger partial charge in [-0.25, -0.2) is 9.79 Å². The number of halogens is 1. The number of carboxylic acids is 1. The molecule has 168 valence electrons. The average Bonchev–Trinajstić information content (AvgIpc) is 3.03. The minimum Gasteiger partial charge on any atom is -0.490 e. The number of carboxylic acid groups (broad SMARTS) is 1. The zero-order valence-electron chi connectivity index (χ0n) is 17.9. The zero-order chi connectivity index (χ0) is 23.3. The Morgan fingerprint density at radius 3 is 2.56 bits per heavy atom. The standard InChI is InChI=1S/C23H23BrN2O5S/c1-4-26-22(29)19(32-23(26)25-16-8-6-14(3)7-9-16)12-15-10-17(24)21(31-13-20(27)28)18(11-15)30-5-2/h6-12H,4-5,13H2,1-3H3,(H,27,28)/b19-12+,25-23?. The maximum atomic E-state index is 13.0. The molecule has 1 fully saturated rings. The highest BCUT2D eigenvalue weighted by Gasteiger charge is 2.32. The molecule has 0 radical (unpaired) electrons. The van der Waals surface area contributed by atoms with E-state index in [0.29, 0.717) is 44.8 Å². The third kappa shape index (κ3) is 5.72. The number of amidine groups is 1. The van der Waals surface area contributed by atoms with Crippen LogP contribution in [0.25, 0.3) is 6.08 Å². The van der Waals surface area contributed by atoms with Crippen molar-refractivity contribution >= 4 is 56.5 Å². The third-order valence-electron chi connectivity index (χ3n) is 4.43. The molecule has 1 saturated heterocycles. The molecule has 0 aromatic heterocycles. The second kappa shape index (κ2) is 10.7. The summed E-state index contributed by atoms with van der Waals surface area (Å²) in [6.07, 6.45) is 1.77. The van der Waals surface area contributed by atoms with Crippen LogP contribution in [-0.4, -0.2) is 46.8 Å². The van der Waals surface area contributed by atoms with E-state index in [-0.39, 0.29) is 5.91 Å². The molecule has 1 heterocycles. The topological polar surface area (TPSA) is 88.4 Å². The summed E-state index contributed by atoms with van der Waals surface area (Å²) in [6, 6.07) is 11.3. The molecule has 1 aliphatic rings. The summed E-state index contributed by atoms with van der Waals surface area (Å²) in [7, 11) is 0. The van der Waals surface area contributed by atoms with E-state index in [0.717, 1.165) is 11.3 Å². The lowest BCUT2D eigenvalue weighted by Crippen LogP contribution is -2.28. The SMILES string of the molecule is CCOc1cc(/C=C2/SC(=Nc3ccc(C)cc3)N(CC)C2=O)cc(Br)c1OCC(=O)O. The molecule has 7 nitrogen and oxygen atoms in total. The fourth-order valence-electron chi connectivity index (χ4n) is 2.96. The first-order valence-corrected chi connectivity index (χ1v) is 11.6. The molecule has 3 rings (SSSR count). The first kappa shape index (κ1) is 23.9. The van der Waals surface area contributed by atoms with Crippen molar-refractivity contribution in [1.82, 2.24) is 4.90 Å². The van der Waals surface area contributed by atoms with Crippen LogP contribution in [0.1, 0.15) is 25.0 Å². The number of amides is 1. The number of hydrogen-bond acceptors (Lipinski definition) is 6. The van der Waals surface area contributed by atoms with Crippen molar-refractivity contribution in [2.45, 2.75) is 20.8 Å². The van der Waals surface area contributed by atoms with Gasteiger partial charge >= 0.3 is 5.97 Å². The van der Waals surface area contributed by atoms with Crippen LogP contribution in [0.4, 0.5) is 5.69 Å². The lowest BCUT2D eigenvalue weighted by atomic mass is 10.2. The Morgan fingerprint density at radius 2 is 1.94 bits per heavy atom. The van der Waals surface area contributed by atoms with Crippen LogP contribution in [0.3, 0.4) is 0 Å². The van der Waals surface area contributed by atoms with Gasteiger partial charge in [-0.3, -0.25) is 9.69 Å². The number of aryl methyl sites for hydroxylation is 1. The van der Waals surface area contributed by atoms with E-state index in [1.165, 1.54) is 11.8 Å². The summed E-state index contributed by atoms with van der Waals surface area (Å²) in [5.41, 5.74) is 2.64. The van der Waals surface area contributed by atoms with E-state index in [1.54, 1.807) is 23.1 Å². The molecule has 0 aliphatic carbocycles. The monoisotopic (exact) mass is 518 g/mol. The van der Waals surface area contributed by atoms with E-state index in [9.17, 15) is 9.59 Å². The van der Waals surface area contributed by atoms with Gasteiger partial charge in [-0.1, -0.05) is 17.7 Å². The number of aliphatic carboxylic acids is 1. The predicted molar refractivity (Wildman–Crippen MR) is 130 cm³/mol. The van der Waals surface area contributed by atoms with Gasteiger partial charge in [-0.2, -0.15) is 0 Å². The minimum atomic E-state index is -1.08. The molecule has 1 aliphatic heterocycles. The molecule has 0 saturated carbocycles. The summed E-state index contributed by atoms with van der Waals surface area (Å²) in [5, 5.41) is 9.53. The van der Waals surface area contributed by atoms with Crippen molar-refractivity contribution in [2.75, 3.05) is 19.8 Å². The molecular formula is C23H23BrN2O5S. The quantitative estimate of drug-likeness (QED) is 0.480. The molecule has 1 N–H and O–H groups in total. The Bertz CT molecular complexity index is 1080. The van der Waals surface area contributed by atoms with Crippen molar-refractivity contribution in [2.24, 2.45) is 4.99 Å². The van der Waals surface area contributed by atoms with E-state index >= 15 is 0 Å². The van der Waals surface area contributed by atoms with Gasteiger partial charge in [0.15, 0.2) is 23.3 Å². The van der Waals surface area contributed by atoms with E-state index in [4.69, 9.17) is 14.6 Å². The van der Waals surface area contributed by atoms with Gasteiger partial charge in [-0.15, -0.1) is 0 Å². The normalized spacial score (nSPS) is 16.1. The number of nitrogens with zero attached hydrogens (tertiary/aromatic N) is 2. The van der Waals surface area contributed by atoms with Gasteiger partial charge in [0.25, 0.3) is 5.91 Å². The lowest BCUT2D eigenvalue weighted by molar-refractivity contribution is -0.139. The van der Waals surface area contributed by atoms with Crippen LogP contribution in [0.2, 0.25) is 0 Å². The summed E-state index contributed by atoms with van der Waals surface area (Å²) >= 11 is 4.73. The number of ether oxygens (including phenoxy) is 2. The number of likely N-dealkylation sites (N-methyl/N-ethyl adjacent to an activating group) is 1. The molecule has 0 spiro atoms. The van der Waals surface area contributed by atoms with Gasteiger partial charge in [-0.05, 0) is 84.4 Å². The number of aliphatic imine (C=N–C) groups is 1. The van der Waals surface area contributed by atoms with E-state index in [2.05, 4.69) is 20.9 Å². The van der Waals surface area contributed by atoms with Crippen LogP contribution >= 0.6 is 27.7 Å². The molecular weight excluding hydrogens is 496 g/mol. The summed E-state index contributed by atoms with van der Waals surface area (Å²) in [6.45, 7) is 6.13. The Kier molecular flexibility index (Phi) is 7.98. The second-order valence-electron chi connectivity index (χ2n) is 6.84. The minimum absolute atomic E-state index is 0.122. The van der Waals surface area contributed by atoms with Gasteiger partial charge in [0.1, 0.15) is 0 Å². The average molecular weight is 519 g/mol. The van der Waals surface area contributed by atoms with Gasteiger partial charge in [0, 0.05) is 6.54 Å². The van der Waals surface area contributed by atoms with Crippen molar-refractivity contribution in [3.05, 3.63) is 56.9 Å². The predicted octanol–water partition coefficient (Wildman–Crippen LogP) is 5.24. The van der Waals surface area contributed by atoms with Crippen LogP contribution in [-0.2, 0) is 9.59 Å². The first-order chi connectivity index (χ1) is 15.3. The van der Waals surface area contributed by atoms with Crippen molar-refractivity contribution in [3.63, 3.8) is 0 Å².